The summed E-state index contributed by atoms with van der Waals surface area (Å²) in [5.41, 5.74) is 2.01. The molecule has 0 aliphatic carbocycles. The van der Waals surface area contributed by atoms with Crippen molar-refractivity contribution in [3.8, 4) is 11.5 Å². The summed E-state index contributed by atoms with van der Waals surface area (Å²) in [6, 6.07) is 14.6. The SMILES string of the molecule is C=C(C)COc1ccccc1C(=O)Nc1ccccc1OCC(C)C. The van der Waals surface area contributed by atoms with Crippen molar-refractivity contribution < 1.29 is 14.3 Å². The zero-order valence-corrected chi connectivity index (χ0v) is 15.0. The summed E-state index contributed by atoms with van der Waals surface area (Å²) in [5.74, 6) is 1.35. The first-order valence-electron chi connectivity index (χ1n) is 8.36. The van der Waals surface area contributed by atoms with Crippen molar-refractivity contribution in [2.45, 2.75) is 20.8 Å². The Morgan fingerprint density at radius 3 is 2.36 bits per heavy atom. The van der Waals surface area contributed by atoms with E-state index in [0.717, 1.165) is 5.57 Å². The first-order valence-corrected chi connectivity index (χ1v) is 8.36. The molecule has 0 atom stereocenters. The zero-order chi connectivity index (χ0) is 18.2. The van der Waals surface area contributed by atoms with E-state index in [1.165, 1.54) is 0 Å². The molecule has 4 heteroatoms. The lowest BCUT2D eigenvalue weighted by atomic mass is 10.1. The van der Waals surface area contributed by atoms with Gasteiger partial charge in [-0.2, -0.15) is 0 Å². The third-order valence-corrected chi connectivity index (χ3v) is 3.31. The molecule has 0 saturated carbocycles. The van der Waals surface area contributed by atoms with Crippen LogP contribution in [0.2, 0.25) is 0 Å². The summed E-state index contributed by atoms with van der Waals surface area (Å²) >= 11 is 0. The highest BCUT2D eigenvalue weighted by atomic mass is 16.5. The van der Waals surface area contributed by atoms with E-state index in [1.54, 1.807) is 12.1 Å². The van der Waals surface area contributed by atoms with E-state index in [0.29, 0.717) is 41.9 Å². The molecule has 0 aliphatic heterocycles. The van der Waals surface area contributed by atoms with Crippen molar-refractivity contribution in [2.24, 2.45) is 5.92 Å². The van der Waals surface area contributed by atoms with Gasteiger partial charge in [-0.15, -0.1) is 0 Å². The number of anilines is 1. The van der Waals surface area contributed by atoms with E-state index in [2.05, 4.69) is 25.7 Å². The Morgan fingerprint density at radius 1 is 1.04 bits per heavy atom. The Morgan fingerprint density at radius 2 is 1.68 bits per heavy atom. The van der Waals surface area contributed by atoms with Gasteiger partial charge in [0, 0.05) is 0 Å². The van der Waals surface area contributed by atoms with E-state index < -0.39 is 0 Å². The minimum absolute atomic E-state index is 0.238. The summed E-state index contributed by atoms with van der Waals surface area (Å²) in [5, 5.41) is 2.91. The Balaban J connectivity index is 2.16. The summed E-state index contributed by atoms with van der Waals surface area (Å²) < 4.78 is 11.5. The van der Waals surface area contributed by atoms with Crippen LogP contribution in [0.5, 0.6) is 11.5 Å². The highest BCUT2D eigenvalue weighted by Crippen LogP contribution is 2.26. The van der Waals surface area contributed by atoms with Crippen LogP contribution in [0.3, 0.4) is 0 Å². The van der Waals surface area contributed by atoms with Gasteiger partial charge in [-0.05, 0) is 42.7 Å². The fourth-order valence-electron chi connectivity index (χ4n) is 2.12. The topological polar surface area (TPSA) is 47.6 Å². The predicted octanol–water partition coefficient (Wildman–Crippen LogP) is 4.93. The third-order valence-electron chi connectivity index (χ3n) is 3.31. The van der Waals surface area contributed by atoms with Crippen LogP contribution in [0.15, 0.2) is 60.7 Å². The summed E-state index contributed by atoms with van der Waals surface area (Å²) in [7, 11) is 0. The second kappa shape index (κ2) is 8.92. The van der Waals surface area contributed by atoms with Crippen LogP contribution in [-0.2, 0) is 0 Å². The maximum Gasteiger partial charge on any atom is 0.259 e. The number of para-hydroxylation sites is 3. The molecular formula is C21H25NO3. The number of hydrogen-bond acceptors (Lipinski definition) is 3. The average Bonchev–Trinajstić information content (AvgIpc) is 2.59. The fourth-order valence-corrected chi connectivity index (χ4v) is 2.12. The molecule has 2 rings (SSSR count). The van der Waals surface area contributed by atoms with Crippen molar-refractivity contribution in [3.63, 3.8) is 0 Å². The second-order valence-electron chi connectivity index (χ2n) is 6.40. The predicted molar refractivity (Wildman–Crippen MR) is 101 cm³/mol. The molecule has 2 aromatic rings. The second-order valence-corrected chi connectivity index (χ2v) is 6.40. The van der Waals surface area contributed by atoms with Gasteiger partial charge < -0.3 is 14.8 Å². The quantitative estimate of drug-likeness (QED) is 0.694. The lowest BCUT2D eigenvalue weighted by molar-refractivity contribution is 0.102. The summed E-state index contributed by atoms with van der Waals surface area (Å²) in [6.45, 7) is 10.8. The molecule has 0 aliphatic rings. The van der Waals surface area contributed by atoms with E-state index in [9.17, 15) is 4.79 Å². The molecule has 25 heavy (non-hydrogen) atoms. The zero-order valence-electron chi connectivity index (χ0n) is 15.0. The Kier molecular flexibility index (Phi) is 6.63. The minimum atomic E-state index is -0.238. The number of carbonyl (C=O) groups is 1. The minimum Gasteiger partial charge on any atom is -0.491 e. The van der Waals surface area contributed by atoms with Crippen molar-refractivity contribution in [3.05, 3.63) is 66.2 Å². The number of amides is 1. The van der Waals surface area contributed by atoms with E-state index in [1.807, 2.05) is 43.3 Å². The van der Waals surface area contributed by atoms with E-state index >= 15 is 0 Å². The fraction of sp³-hybridized carbons (Fsp3) is 0.286. The van der Waals surface area contributed by atoms with Crippen molar-refractivity contribution >= 4 is 11.6 Å². The molecule has 0 spiro atoms. The highest BCUT2D eigenvalue weighted by molar-refractivity contribution is 6.06. The van der Waals surface area contributed by atoms with E-state index in [4.69, 9.17) is 9.47 Å². The maximum atomic E-state index is 12.7. The van der Waals surface area contributed by atoms with Gasteiger partial charge in [0.25, 0.3) is 5.91 Å². The number of rotatable bonds is 8. The number of nitrogens with one attached hydrogen (secondary N) is 1. The Bertz CT molecular complexity index is 737. The molecule has 2 aromatic carbocycles. The summed E-state index contributed by atoms with van der Waals surface area (Å²) in [4.78, 5) is 12.7. The number of hydrogen-bond donors (Lipinski definition) is 1. The summed E-state index contributed by atoms with van der Waals surface area (Å²) in [6.07, 6.45) is 0. The van der Waals surface area contributed by atoms with Crippen LogP contribution in [0, 0.1) is 5.92 Å². The monoisotopic (exact) mass is 339 g/mol. The molecule has 0 unspecified atom stereocenters. The Labute approximate surface area is 149 Å². The lowest BCUT2D eigenvalue weighted by Crippen LogP contribution is -2.15. The smallest absolute Gasteiger partial charge is 0.259 e. The molecule has 1 amide bonds. The van der Waals surface area contributed by atoms with Gasteiger partial charge in [0.1, 0.15) is 18.1 Å². The van der Waals surface area contributed by atoms with Crippen LogP contribution in [-0.4, -0.2) is 19.1 Å². The normalized spacial score (nSPS) is 10.4. The first kappa shape index (κ1) is 18.6. The molecule has 0 heterocycles. The number of ether oxygens (including phenoxy) is 2. The molecule has 4 nitrogen and oxygen atoms in total. The highest BCUT2D eigenvalue weighted by Gasteiger charge is 2.14. The first-order chi connectivity index (χ1) is 12.0. The third kappa shape index (κ3) is 5.68. The molecule has 0 aromatic heterocycles. The molecule has 0 radical (unpaired) electrons. The Hall–Kier alpha value is -2.75. The van der Waals surface area contributed by atoms with Gasteiger partial charge in [0.15, 0.2) is 0 Å². The average molecular weight is 339 g/mol. The van der Waals surface area contributed by atoms with Gasteiger partial charge in [-0.25, -0.2) is 0 Å². The van der Waals surface area contributed by atoms with Crippen LogP contribution in [0.25, 0.3) is 0 Å². The molecule has 1 N–H and O–H groups in total. The van der Waals surface area contributed by atoms with Crippen molar-refractivity contribution in [1.29, 1.82) is 0 Å². The standard InChI is InChI=1S/C21H25NO3/c1-15(2)13-24-19-11-7-5-9-17(19)21(23)22-18-10-6-8-12-20(18)25-14-16(3)4/h5-12,16H,1,13-14H2,2-4H3,(H,22,23). The van der Waals surface area contributed by atoms with Crippen LogP contribution in [0.4, 0.5) is 5.69 Å². The maximum absolute atomic E-state index is 12.7. The van der Waals surface area contributed by atoms with Gasteiger partial charge in [-0.3, -0.25) is 4.79 Å². The van der Waals surface area contributed by atoms with Crippen LogP contribution >= 0.6 is 0 Å². The van der Waals surface area contributed by atoms with Gasteiger partial charge in [0.2, 0.25) is 0 Å². The van der Waals surface area contributed by atoms with Crippen LogP contribution < -0.4 is 14.8 Å². The largest absolute Gasteiger partial charge is 0.491 e. The van der Waals surface area contributed by atoms with Crippen molar-refractivity contribution in [1.82, 2.24) is 0 Å². The molecule has 0 fully saturated rings. The van der Waals surface area contributed by atoms with Crippen LogP contribution in [0.1, 0.15) is 31.1 Å². The van der Waals surface area contributed by atoms with Gasteiger partial charge in [-0.1, -0.05) is 44.7 Å². The molecule has 0 bridgehead atoms. The molecular weight excluding hydrogens is 314 g/mol. The van der Waals surface area contributed by atoms with Gasteiger partial charge in [0.05, 0.1) is 17.9 Å². The van der Waals surface area contributed by atoms with Gasteiger partial charge >= 0.3 is 0 Å². The molecule has 0 saturated heterocycles. The number of carbonyl (C=O) groups excluding carboxylic acids is 1. The molecule has 132 valence electrons. The van der Waals surface area contributed by atoms with Crippen molar-refractivity contribution in [2.75, 3.05) is 18.5 Å². The number of benzene rings is 2. The van der Waals surface area contributed by atoms with E-state index in [-0.39, 0.29) is 5.91 Å². The lowest BCUT2D eigenvalue weighted by Gasteiger charge is -2.15.